The number of benzene rings is 1. The Morgan fingerprint density at radius 1 is 1.24 bits per heavy atom. The van der Waals surface area contributed by atoms with E-state index in [9.17, 15) is 18.4 Å². The van der Waals surface area contributed by atoms with Crippen molar-refractivity contribution in [1.29, 1.82) is 0 Å². The second kappa shape index (κ2) is 6.08. The summed E-state index contributed by atoms with van der Waals surface area (Å²) in [6.45, 7) is 0. The van der Waals surface area contributed by atoms with Crippen LogP contribution in [0.15, 0.2) is 18.2 Å². The molecule has 0 heterocycles. The Kier molecular flexibility index (Phi) is 4.75. The lowest BCUT2D eigenvalue weighted by Crippen LogP contribution is -2.05. The van der Waals surface area contributed by atoms with Crippen molar-refractivity contribution in [3.8, 4) is 0 Å². The fourth-order valence-electron chi connectivity index (χ4n) is 1.35. The van der Waals surface area contributed by atoms with E-state index in [1.165, 1.54) is 7.11 Å². The van der Waals surface area contributed by atoms with Gasteiger partial charge < -0.3 is 4.74 Å². The first kappa shape index (κ1) is 13.3. The number of ketones is 1. The first-order valence-electron chi connectivity index (χ1n) is 5.09. The molecule has 0 aliphatic rings. The van der Waals surface area contributed by atoms with Crippen LogP contribution in [0.25, 0.3) is 0 Å². The quantitative estimate of drug-likeness (QED) is 0.588. The number of halogens is 2. The second-order valence-electron chi connectivity index (χ2n) is 3.48. The number of carbonyl (C=O) groups is 2. The Hall–Kier alpha value is -1.78. The smallest absolute Gasteiger partial charge is 0.305 e. The maximum absolute atomic E-state index is 13.2. The lowest BCUT2D eigenvalue weighted by molar-refractivity contribution is -0.140. The molecule has 0 amide bonds. The highest BCUT2D eigenvalue weighted by Gasteiger charge is 2.12. The van der Waals surface area contributed by atoms with Gasteiger partial charge in [-0.05, 0) is 18.6 Å². The first-order chi connectivity index (χ1) is 8.04. The van der Waals surface area contributed by atoms with Crippen molar-refractivity contribution in [2.24, 2.45) is 0 Å². The lowest BCUT2D eigenvalue weighted by Gasteiger charge is -2.02. The highest BCUT2D eigenvalue weighted by atomic mass is 19.1. The molecule has 1 aromatic rings. The fraction of sp³-hybridized carbons (Fsp3) is 0.333. The van der Waals surface area contributed by atoms with Crippen molar-refractivity contribution in [1.82, 2.24) is 0 Å². The lowest BCUT2D eigenvalue weighted by atomic mass is 10.0. The van der Waals surface area contributed by atoms with Crippen LogP contribution in [0.5, 0.6) is 0 Å². The molecule has 0 bridgehead atoms. The fourth-order valence-corrected chi connectivity index (χ4v) is 1.35. The summed E-state index contributed by atoms with van der Waals surface area (Å²) < 4.78 is 30.2. The summed E-state index contributed by atoms with van der Waals surface area (Å²) in [4.78, 5) is 22.3. The van der Waals surface area contributed by atoms with E-state index in [4.69, 9.17) is 0 Å². The maximum Gasteiger partial charge on any atom is 0.305 e. The highest BCUT2D eigenvalue weighted by molar-refractivity contribution is 5.96. The van der Waals surface area contributed by atoms with Crippen LogP contribution in [0, 0.1) is 11.6 Å². The Morgan fingerprint density at radius 2 is 1.94 bits per heavy atom. The van der Waals surface area contributed by atoms with Crippen molar-refractivity contribution in [2.75, 3.05) is 7.11 Å². The number of ether oxygens (including phenoxy) is 1. The molecule has 1 aromatic carbocycles. The van der Waals surface area contributed by atoms with Crippen molar-refractivity contribution in [2.45, 2.75) is 19.3 Å². The monoisotopic (exact) mass is 242 g/mol. The summed E-state index contributed by atoms with van der Waals surface area (Å²) in [6, 6.07) is 2.79. The van der Waals surface area contributed by atoms with Gasteiger partial charge in [-0.25, -0.2) is 8.78 Å². The molecule has 5 heteroatoms. The first-order valence-corrected chi connectivity index (χ1v) is 5.09. The van der Waals surface area contributed by atoms with Crippen molar-refractivity contribution in [3.05, 3.63) is 35.4 Å². The van der Waals surface area contributed by atoms with E-state index in [1.807, 2.05) is 0 Å². The highest BCUT2D eigenvalue weighted by Crippen LogP contribution is 2.13. The molecule has 17 heavy (non-hydrogen) atoms. The molecule has 0 radical (unpaired) electrons. The average Bonchev–Trinajstić information content (AvgIpc) is 2.28. The molecular weight excluding hydrogens is 230 g/mol. The molecule has 1 rings (SSSR count). The van der Waals surface area contributed by atoms with Crippen LogP contribution >= 0.6 is 0 Å². The molecular formula is C12H12F2O3. The molecule has 0 aromatic heterocycles. The van der Waals surface area contributed by atoms with Crippen LogP contribution in [0.1, 0.15) is 29.6 Å². The number of hydrogen-bond donors (Lipinski definition) is 0. The van der Waals surface area contributed by atoms with Crippen LogP contribution < -0.4 is 0 Å². The molecule has 92 valence electrons. The molecule has 0 unspecified atom stereocenters. The largest absolute Gasteiger partial charge is 0.469 e. The molecule has 0 aliphatic heterocycles. The molecule has 0 N–H and O–H groups in total. The van der Waals surface area contributed by atoms with E-state index in [2.05, 4.69) is 4.74 Å². The molecule has 0 saturated heterocycles. The van der Waals surface area contributed by atoms with Crippen LogP contribution in [-0.4, -0.2) is 18.9 Å². The molecule has 0 fully saturated rings. The van der Waals surface area contributed by atoms with Crippen molar-refractivity contribution >= 4 is 11.8 Å². The summed E-state index contributed by atoms with van der Waals surface area (Å²) in [6.07, 6.45) is 0.408. The van der Waals surface area contributed by atoms with Gasteiger partial charge in [-0.15, -0.1) is 0 Å². The maximum atomic E-state index is 13.2. The zero-order valence-corrected chi connectivity index (χ0v) is 9.33. The number of carbonyl (C=O) groups excluding carboxylic acids is 2. The Bertz CT molecular complexity index is 430. The molecule has 0 atom stereocenters. The van der Waals surface area contributed by atoms with E-state index in [1.54, 1.807) is 0 Å². The summed E-state index contributed by atoms with van der Waals surface area (Å²) in [5.74, 6) is -2.48. The summed E-state index contributed by atoms with van der Waals surface area (Å²) in [5.41, 5.74) is -0.156. The number of rotatable bonds is 5. The number of hydrogen-bond acceptors (Lipinski definition) is 3. The van der Waals surface area contributed by atoms with Crippen LogP contribution in [0.2, 0.25) is 0 Å². The Morgan fingerprint density at radius 3 is 2.53 bits per heavy atom. The van der Waals surface area contributed by atoms with Gasteiger partial charge in [0, 0.05) is 18.9 Å². The van der Waals surface area contributed by atoms with Gasteiger partial charge in [0.05, 0.1) is 12.7 Å². The van der Waals surface area contributed by atoms with Crippen molar-refractivity contribution < 1.29 is 23.1 Å². The van der Waals surface area contributed by atoms with Gasteiger partial charge in [-0.1, -0.05) is 0 Å². The Balaban J connectivity index is 2.55. The topological polar surface area (TPSA) is 43.4 Å². The van der Waals surface area contributed by atoms with E-state index >= 15 is 0 Å². The zero-order valence-electron chi connectivity index (χ0n) is 9.33. The standard InChI is InChI=1S/C12H12F2O3/c1-17-12(16)4-2-3-11(15)9-6-5-8(13)7-10(9)14/h5-7H,2-4H2,1H3. The predicted molar refractivity (Wildman–Crippen MR) is 56.6 cm³/mol. The normalized spacial score (nSPS) is 10.1. The summed E-state index contributed by atoms with van der Waals surface area (Å²) in [5, 5.41) is 0. The van der Waals surface area contributed by atoms with Crippen LogP contribution in [0.3, 0.4) is 0 Å². The number of esters is 1. The summed E-state index contributed by atoms with van der Waals surface area (Å²) >= 11 is 0. The van der Waals surface area contributed by atoms with Crippen molar-refractivity contribution in [3.63, 3.8) is 0 Å². The summed E-state index contributed by atoms with van der Waals surface area (Å²) in [7, 11) is 1.25. The molecule has 0 aliphatic carbocycles. The van der Waals surface area contributed by atoms with E-state index in [0.717, 1.165) is 12.1 Å². The zero-order chi connectivity index (χ0) is 12.8. The third-order valence-electron chi connectivity index (χ3n) is 2.24. The van der Waals surface area contributed by atoms with E-state index in [-0.39, 0.29) is 24.8 Å². The minimum atomic E-state index is -0.881. The van der Waals surface area contributed by atoms with Gasteiger partial charge in [-0.3, -0.25) is 9.59 Å². The Labute approximate surface area is 97.4 Å². The third kappa shape index (κ3) is 3.94. The van der Waals surface area contributed by atoms with Crippen LogP contribution in [-0.2, 0) is 9.53 Å². The van der Waals surface area contributed by atoms with E-state index in [0.29, 0.717) is 6.07 Å². The van der Waals surface area contributed by atoms with Gasteiger partial charge in [0.1, 0.15) is 11.6 Å². The van der Waals surface area contributed by atoms with Gasteiger partial charge in [0.2, 0.25) is 0 Å². The van der Waals surface area contributed by atoms with Gasteiger partial charge >= 0.3 is 5.97 Å². The second-order valence-corrected chi connectivity index (χ2v) is 3.48. The predicted octanol–water partition coefficient (Wildman–Crippen LogP) is 2.49. The van der Waals surface area contributed by atoms with Gasteiger partial charge in [0.25, 0.3) is 0 Å². The van der Waals surface area contributed by atoms with E-state index < -0.39 is 23.4 Å². The minimum absolute atomic E-state index is 0.0254. The number of Topliss-reactive ketones (excluding diaryl/α,β-unsaturated/α-hetero) is 1. The minimum Gasteiger partial charge on any atom is -0.469 e. The average molecular weight is 242 g/mol. The van der Waals surface area contributed by atoms with Crippen LogP contribution in [0.4, 0.5) is 8.78 Å². The molecule has 0 saturated carbocycles. The number of methoxy groups -OCH3 is 1. The third-order valence-corrected chi connectivity index (χ3v) is 2.24. The van der Waals surface area contributed by atoms with Gasteiger partial charge in [0.15, 0.2) is 5.78 Å². The molecule has 0 spiro atoms. The van der Waals surface area contributed by atoms with Gasteiger partial charge in [-0.2, -0.15) is 0 Å². The SMILES string of the molecule is COC(=O)CCCC(=O)c1ccc(F)cc1F. The molecule has 3 nitrogen and oxygen atoms in total.